The van der Waals surface area contributed by atoms with Crippen LogP contribution in [-0.4, -0.2) is 26.0 Å². The molecule has 2 nitrogen and oxygen atoms in total. The van der Waals surface area contributed by atoms with Gasteiger partial charge in [-0.3, -0.25) is 0 Å². The van der Waals surface area contributed by atoms with Crippen LogP contribution in [0.15, 0.2) is 18.2 Å². The first kappa shape index (κ1) is 9.30. The molecule has 0 aromatic heterocycles. The van der Waals surface area contributed by atoms with E-state index >= 15 is 0 Å². The topological polar surface area (TPSA) is 37.3 Å². The molecule has 0 fully saturated rings. The van der Waals surface area contributed by atoms with Crippen LogP contribution in [0.25, 0.3) is 0 Å². The summed E-state index contributed by atoms with van der Waals surface area (Å²) in [5.41, 5.74) is 1.57. The molecular weight excluding hydrogens is 219 g/mol. The average molecular weight is 229 g/mol. The van der Waals surface area contributed by atoms with E-state index in [0.29, 0.717) is 5.56 Å². The van der Waals surface area contributed by atoms with E-state index in [4.69, 9.17) is 5.11 Å². The molecule has 0 amide bonds. The van der Waals surface area contributed by atoms with Gasteiger partial charge in [-0.15, -0.1) is 0 Å². The quantitative estimate of drug-likeness (QED) is 0.770. The molecule has 0 heterocycles. The van der Waals surface area contributed by atoms with Crippen LogP contribution in [0.2, 0.25) is 5.82 Å². The maximum absolute atomic E-state index is 10.7. The van der Waals surface area contributed by atoms with Gasteiger partial charge in [0.2, 0.25) is 0 Å². The van der Waals surface area contributed by atoms with E-state index in [2.05, 4.69) is 0 Å². The zero-order valence-electron chi connectivity index (χ0n) is 7.00. The molecule has 0 saturated carbocycles. The van der Waals surface area contributed by atoms with E-state index in [0.717, 1.165) is 10.0 Å². The molecule has 12 heavy (non-hydrogen) atoms. The van der Waals surface area contributed by atoms with Crippen molar-refractivity contribution in [3.05, 3.63) is 29.3 Å². The number of aryl methyl sites for hydroxylation is 1. The van der Waals surface area contributed by atoms with E-state index in [1.54, 1.807) is 6.07 Å². The van der Waals surface area contributed by atoms with Crippen molar-refractivity contribution >= 4 is 25.4 Å². The monoisotopic (exact) mass is 230 g/mol. The summed E-state index contributed by atoms with van der Waals surface area (Å²) in [7, 11) is 0. The van der Waals surface area contributed by atoms with Gasteiger partial charge >= 0.3 is 77.4 Å². The summed E-state index contributed by atoms with van der Waals surface area (Å²) in [6.07, 6.45) is 0. The predicted octanol–water partition coefficient (Wildman–Crippen LogP) is 1.07. The van der Waals surface area contributed by atoms with E-state index in [-0.39, 0.29) is 15.0 Å². The van der Waals surface area contributed by atoms with Crippen molar-refractivity contribution in [2.24, 2.45) is 0 Å². The number of benzene rings is 1. The Balaban J connectivity index is 3.20. The first-order valence-electron chi connectivity index (χ1n) is 3.53. The minimum atomic E-state index is -0.825. The molecule has 1 aromatic rings. The predicted molar refractivity (Wildman–Crippen MR) is 49.4 cm³/mol. The Morgan fingerprint density at radius 1 is 1.50 bits per heavy atom. The van der Waals surface area contributed by atoms with Crippen LogP contribution < -0.4 is 4.46 Å². The van der Waals surface area contributed by atoms with Crippen LogP contribution in [0, 0.1) is 6.92 Å². The normalized spacial score (nSPS) is 9.83. The molecule has 1 rings (SSSR count). The van der Waals surface area contributed by atoms with Crippen molar-refractivity contribution in [2.75, 3.05) is 0 Å². The second kappa shape index (κ2) is 3.74. The molecule has 1 aromatic carbocycles. The summed E-state index contributed by atoms with van der Waals surface area (Å²) >= 11 is 0.250. The zero-order chi connectivity index (χ0) is 9.14. The summed E-state index contributed by atoms with van der Waals surface area (Å²) in [6, 6.07) is 5.46. The molecule has 3 heteroatoms. The van der Waals surface area contributed by atoms with Gasteiger partial charge in [-0.2, -0.15) is 0 Å². The Bertz CT molecular complexity index is 307. The average Bonchev–Trinajstić information content (AvgIpc) is 2.03. The number of carbonyl (C=O) groups is 1. The molecule has 0 unspecified atom stereocenters. The summed E-state index contributed by atoms with van der Waals surface area (Å²) in [5.74, 6) is 1.20. The summed E-state index contributed by atoms with van der Waals surface area (Å²) in [5, 5.41) is 8.80. The third-order valence-corrected chi connectivity index (χ3v) is 3.22. The van der Waals surface area contributed by atoms with Gasteiger partial charge in [0.05, 0.1) is 0 Å². The van der Waals surface area contributed by atoms with Crippen molar-refractivity contribution in [3.63, 3.8) is 0 Å². The molecule has 64 valence electrons. The fourth-order valence-electron chi connectivity index (χ4n) is 0.975. The molecule has 0 radical (unpaired) electrons. The van der Waals surface area contributed by atoms with E-state index in [1.165, 1.54) is 0 Å². The van der Waals surface area contributed by atoms with Crippen LogP contribution in [-0.2, 0) is 0 Å². The number of hydrogen-bond acceptors (Lipinski definition) is 1. The Morgan fingerprint density at radius 3 is 2.67 bits per heavy atom. The Kier molecular flexibility index (Phi) is 2.90. The molecule has 1 N–H and O–H groups in total. The van der Waals surface area contributed by atoms with Crippen molar-refractivity contribution in [1.82, 2.24) is 0 Å². The van der Waals surface area contributed by atoms with Gasteiger partial charge in [0.25, 0.3) is 0 Å². The minimum absolute atomic E-state index is 0.250. The number of rotatable bonds is 2. The van der Waals surface area contributed by atoms with Gasteiger partial charge in [0, 0.05) is 0 Å². The van der Waals surface area contributed by atoms with Gasteiger partial charge in [0.1, 0.15) is 0 Å². The van der Waals surface area contributed by atoms with Gasteiger partial charge in [0.15, 0.2) is 0 Å². The molecule has 0 aliphatic carbocycles. The zero-order valence-corrected chi connectivity index (χ0v) is 8.71. The number of aromatic carboxylic acids is 1. The standard InChI is InChI=1S/C9H10O2Se/c1-6-3-4-7(9(10)11)8(5-6)12-2/h3-5H,1-2H3,(H,10,11). The van der Waals surface area contributed by atoms with Crippen LogP contribution in [0.5, 0.6) is 0 Å². The van der Waals surface area contributed by atoms with Crippen LogP contribution in [0.3, 0.4) is 0 Å². The maximum atomic E-state index is 10.7. The van der Waals surface area contributed by atoms with Crippen molar-refractivity contribution < 1.29 is 9.90 Å². The first-order chi connectivity index (χ1) is 5.65. The molecule has 0 aliphatic rings. The fourth-order valence-corrected chi connectivity index (χ4v) is 2.40. The van der Waals surface area contributed by atoms with E-state index in [9.17, 15) is 4.79 Å². The second-order valence-electron chi connectivity index (χ2n) is 2.51. The van der Waals surface area contributed by atoms with Crippen molar-refractivity contribution in [2.45, 2.75) is 12.7 Å². The number of carboxylic acid groups (broad SMARTS) is 1. The molecular formula is C9H10O2Se. The van der Waals surface area contributed by atoms with Gasteiger partial charge in [-0.25, -0.2) is 0 Å². The van der Waals surface area contributed by atoms with Crippen molar-refractivity contribution in [1.29, 1.82) is 0 Å². The summed E-state index contributed by atoms with van der Waals surface area (Å²) < 4.78 is 0.968. The van der Waals surface area contributed by atoms with E-state index < -0.39 is 5.97 Å². The molecule has 0 spiro atoms. The SMILES string of the molecule is C[Se]c1cc(C)ccc1C(=O)O. The van der Waals surface area contributed by atoms with Gasteiger partial charge in [-0.1, -0.05) is 0 Å². The van der Waals surface area contributed by atoms with Gasteiger partial charge in [-0.05, 0) is 0 Å². The number of hydrogen-bond donors (Lipinski definition) is 1. The summed E-state index contributed by atoms with van der Waals surface area (Å²) in [4.78, 5) is 10.7. The molecule has 0 saturated heterocycles. The molecule has 0 bridgehead atoms. The Labute approximate surface area is 77.8 Å². The first-order valence-corrected chi connectivity index (χ1v) is 6.10. The molecule has 0 aliphatic heterocycles. The Morgan fingerprint density at radius 2 is 2.17 bits per heavy atom. The third-order valence-electron chi connectivity index (χ3n) is 1.59. The molecule has 0 atom stereocenters. The Hall–Kier alpha value is -0.791. The number of carboxylic acids is 1. The van der Waals surface area contributed by atoms with Crippen molar-refractivity contribution in [3.8, 4) is 0 Å². The van der Waals surface area contributed by atoms with E-state index in [1.807, 2.05) is 24.9 Å². The third kappa shape index (κ3) is 1.87. The summed E-state index contributed by atoms with van der Waals surface area (Å²) in [6.45, 7) is 1.97. The second-order valence-corrected chi connectivity index (χ2v) is 4.29. The van der Waals surface area contributed by atoms with Gasteiger partial charge < -0.3 is 0 Å². The fraction of sp³-hybridized carbons (Fsp3) is 0.222. The van der Waals surface area contributed by atoms with Crippen LogP contribution in [0.4, 0.5) is 0 Å². The van der Waals surface area contributed by atoms with Crippen LogP contribution >= 0.6 is 0 Å². The van der Waals surface area contributed by atoms with Crippen LogP contribution in [0.1, 0.15) is 15.9 Å².